The molecule has 1 aromatic carbocycles. The summed E-state index contributed by atoms with van der Waals surface area (Å²) in [7, 11) is 1.62. The monoisotopic (exact) mass is 258 g/mol. The van der Waals surface area contributed by atoms with Crippen LogP contribution in [0.2, 0.25) is 0 Å². The van der Waals surface area contributed by atoms with Crippen LogP contribution in [0.4, 0.5) is 0 Å². The van der Waals surface area contributed by atoms with Crippen LogP contribution >= 0.6 is 0 Å². The molecule has 1 rings (SSSR count). The zero-order chi connectivity index (χ0) is 14.3. The van der Waals surface area contributed by atoms with Crippen molar-refractivity contribution in [2.45, 2.75) is 20.8 Å². The van der Waals surface area contributed by atoms with E-state index in [2.05, 4.69) is 11.8 Å². The predicted molar refractivity (Wildman–Crippen MR) is 75.7 cm³/mol. The highest BCUT2D eigenvalue weighted by Gasteiger charge is 2.02. The van der Waals surface area contributed by atoms with E-state index < -0.39 is 5.97 Å². The molecule has 0 bridgehead atoms. The molecule has 0 N–H and O–H groups in total. The molecule has 100 valence electrons. The Labute approximate surface area is 114 Å². The quantitative estimate of drug-likeness (QED) is 0.475. The maximum Gasteiger partial charge on any atom is 0.384 e. The molecule has 3 heteroatoms. The minimum absolute atomic E-state index is 0.334. The average Bonchev–Trinajstić information content (AvgIpc) is 2.39. The fourth-order valence-corrected chi connectivity index (χ4v) is 1.52. The van der Waals surface area contributed by atoms with Gasteiger partial charge in [0.15, 0.2) is 0 Å². The molecule has 1 aromatic rings. The summed E-state index contributed by atoms with van der Waals surface area (Å²) < 4.78 is 9.90. The zero-order valence-electron chi connectivity index (χ0n) is 11.7. The normalized spacial score (nSPS) is 9.05. The third-order valence-electron chi connectivity index (χ3n) is 2.44. The largest absolute Gasteiger partial charge is 0.497 e. The van der Waals surface area contributed by atoms with E-state index in [-0.39, 0.29) is 0 Å². The second-order valence-electron chi connectivity index (χ2n) is 4.07. The lowest BCUT2D eigenvalue weighted by molar-refractivity contribution is -0.136. The summed E-state index contributed by atoms with van der Waals surface area (Å²) >= 11 is 0. The fourth-order valence-electron chi connectivity index (χ4n) is 1.52. The Kier molecular flexibility index (Phi) is 5.69. The van der Waals surface area contributed by atoms with Gasteiger partial charge in [0.05, 0.1) is 13.7 Å². The Bertz CT molecular complexity index is 523. The van der Waals surface area contributed by atoms with Gasteiger partial charge in [-0.3, -0.25) is 0 Å². The van der Waals surface area contributed by atoms with Gasteiger partial charge in [-0.1, -0.05) is 23.6 Å². The van der Waals surface area contributed by atoms with Crippen molar-refractivity contribution in [2.24, 2.45) is 0 Å². The molecule has 0 fully saturated rings. The molecule has 19 heavy (non-hydrogen) atoms. The Morgan fingerprint density at radius 2 is 1.79 bits per heavy atom. The topological polar surface area (TPSA) is 35.5 Å². The van der Waals surface area contributed by atoms with Crippen molar-refractivity contribution >= 4 is 11.5 Å². The standard InChI is InChI=1S/C16H18O3/c1-5-19-16(17)11-10-15(12(2)3)13-6-8-14(18-4)9-7-13/h6-9H,5H2,1-4H3. The first kappa shape index (κ1) is 14.8. The molecule has 0 unspecified atom stereocenters. The molecule has 0 aromatic heterocycles. The first-order valence-corrected chi connectivity index (χ1v) is 6.09. The van der Waals surface area contributed by atoms with Crippen molar-refractivity contribution in [2.75, 3.05) is 13.7 Å². The molecule has 0 aliphatic carbocycles. The number of carbonyl (C=O) groups is 1. The van der Waals surface area contributed by atoms with Gasteiger partial charge in [-0.05, 0) is 38.5 Å². The molecule has 0 atom stereocenters. The second kappa shape index (κ2) is 7.27. The van der Waals surface area contributed by atoms with Gasteiger partial charge in [0, 0.05) is 11.5 Å². The molecule has 0 aliphatic rings. The van der Waals surface area contributed by atoms with Gasteiger partial charge in [-0.15, -0.1) is 0 Å². The van der Waals surface area contributed by atoms with E-state index in [1.807, 2.05) is 38.1 Å². The number of ether oxygens (including phenoxy) is 2. The Morgan fingerprint density at radius 3 is 2.26 bits per heavy atom. The van der Waals surface area contributed by atoms with Crippen LogP contribution in [0.5, 0.6) is 5.75 Å². The van der Waals surface area contributed by atoms with Crippen molar-refractivity contribution in [3.05, 3.63) is 35.4 Å². The summed E-state index contributed by atoms with van der Waals surface area (Å²) in [6, 6.07) is 7.57. The molecule has 0 amide bonds. The van der Waals surface area contributed by atoms with Crippen molar-refractivity contribution in [1.82, 2.24) is 0 Å². The molecule has 0 saturated heterocycles. The van der Waals surface area contributed by atoms with Crippen LogP contribution in [0.3, 0.4) is 0 Å². The Hall–Kier alpha value is -2.21. The van der Waals surface area contributed by atoms with Gasteiger partial charge in [-0.25, -0.2) is 4.79 Å². The molecule has 0 spiro atoms. The number of rotatable bonds is 3. The first-order valence-electron chi connectivity index (χ1n) is 6.09. The van der Waals surface area contributed by atoms with E-state index in [0.29, 0.717) is 6.61 Å². The van der Waals surface area contributed by atoms with E-state index in [1.165, 1.54) is 0 Å². The third kappa shape index (κ3) is 4.51. The summed E-state index contributed by atoms with van der Waals surface area (Å²) in [5.74, 6) is 5.65. The molecular formula is C16H18O3. The number of allylic oxidation sites excluding steroid dienone is 2. The number of carbonyl (C=O) groups excluding carboxylic acids is 1. The van der Waals surface area contributed by atoms with Gasteiger partial charge < -0.3 is 9.47 Å². The number of esters is 1. The van der Waals surface area contributed by atoms with Crippen LogP contribution in [0.1, 0.15) is 26.3 Å². The fraction of sp³-hybridized carbons (Fsp3) is 0.312. The summed E-state index contributed by atoms with van der Waals surface area (Å²) in [5.41, 5.74) is 2.83. The summed E-state index contributed by atoms with van der Waals surface area (Å²) in [4.78, 5) is 11.3. The minimum Gasteiger partial charge on any atom is -0.497 e. The smallest absolute Gasteiger partial charge is 0.384 e. The van der Waals surface area contributed by atoms with Crippen LogP contribution in [0.15, 0.2) is 29.8 Å². The highest BCUT2D eigenvalue weighted by atomic mass is 16.5. The van der Waals surface area contributed by atoms with Crippen LogP contribution < -0.4 is 4.74 Å². The maximum absolute atomic E-state index is 11.3. The highest BCUT2D eigenvalue weighted by molar-refractivity contribution is 5.93. The number of methoxy groups -OCH3 is 1. The van der Waals surface area contributed by atoms with E-state index >= 15 is 0 Å². The summed E-state index contributed by atoms with van der Waals surface area (Å²) in [5, 5.41) is 0. The van der Waals surface area contributed by atoms with Crippen molar-refractivity contribution in [1.29, 1.82) is 0 Å². The van der Waals surface area contributed by atoms with E-state index in [0.717, 1.165) is 22.5 Å². The van der Waals surface area contributed by atoms with Gasteiger partial charge in [0.25, 0.3) is 0 Å². The summed E-state index contributed by atoms with van der Waals surface area (Å²) in [6.07, 6.45) is 0. The average molecular weight is 258 g/mol. The highest BCUT2D eigenvalue weighted by Crippen LogP contribution is 2.20. The Balaban J connectivity index is 3.02. The lowest BCUT2D eigenvalue weighted by Gasteiger charge is -2.05. The second-order valence-corrected chi connectivity index (χ2v) is 4.07. The first-order chi connectivity index (χ1) is 9.08. The van der Waals surface area contributed by atoms with E-state index in [4.69, 9.17) is 9.47 Å². The lowest BCUT2D eigenvalue weighted by atomic mass is 10.0. The maximum atomic E-state index is 11.3. The van der Waals surface area contributed by atoms with Gasteiger partial charge in [0.1, 0.15) is 5.75 Å². The van der Waals surface area contributed by atoms with Crippen LogP contribution in [0, 0.1) is 11.8 Å². The molecule has 0 aliphatic heterocycles. The van der Waals surface area contributed by atoms with Crippen LogP contribution in [-0.2, 0) is 9.53 Å². The molecular weight excluding hydrogens is 240 g/mol. The van der Waals surface area contributed by atoms with E-state index in [1.54, 1.807) is 14.0 Å². The number of hydrogen-bond donors (Lipinski definition) is 0. The van der Waals surface area contributed by atoms with Gasteiger partial charge in [0.2, 0.25) is 0 Å². The molecule has 0 radical (unpaired) electrons. The SMILES string of the molecule is CCOC(=O)C#CC(=C(C)C)c1ccc(OC)cc1. The number of benzene rings is 1. The molecule has 3 nitrogen and oxygen atoms in total. The number of hydrogen-bond acceptors (Lipinski definition) is 3. The molecule has 0 heterocycles. The van der Waals surface area contributed by atoms with Gasteiger partial charge in [-0.2, -0.15) is 0 Å². The van der Waals surface area contributed by atoms with Crippen LogP contribution in [0.25, 0.3) is 5.57 Å². The third-order valence-corrected chi connectivity index (χ3v) is 2.44. The Morgan fingerprint density at radius 1 is 1.16 bits per heavy atom. The molecule has 0 saturated carbocycles. The lowest BCUT2D eigenvalue weighted by Crippen LogP contribution is -1.99. The predicted octanol–water partition coefficient (Wildman–Crippen LogP) is 3.06. The van der Waals surface area contributed by atoms with Crippen molar-refractivity contribution in [3.63, 3.8) is 0 Å². The van der Waals surface area contributed by atoms with Crippen molar-refractivity contribution < 1.29 is 14.3 Å². The van der Waals surface area contributed by atoms with Gasteiger partial charge >= 0.3 is 5.97 Å². The van der Waals surface area contributed by atoms with Crippen molar-refractivity contribution in [3.8, 4) is 17.6 Å². The minimum atomic E-state index is -0.505. The van der Waals surface area contributed by atoms with E-state index in [9.17, 15) is 4.79 Å². The zero-order valence-corrected chi connectivity index (χ0v) is 11.7. The van der Waals surface area contributed by atoms with Crippen LogP contribution in [-0.4, -0.2) is 19.7 Å². The summed E-state index contributed by atoms with van der Waals surface area (Å²) in [6.45, 7) is 6.00.